The monoisotopic (exact) mass is 238 g/mol. The van der Waals surface area contributed by atoms with E-state index in [9.17, 15) is 9.18 Å². The van der Waals surface area contributed by atoms with E-state index >= 15 is 0 Å². The maximum Gasteiger partial charge on any atom is 0.256 e. The zero-order valence-electron chi connectivity index (χ0n) is 9.65. The number of likely N-dealkylation sites (N-methyl/N-ethyl adjacent to an activating group) is 1. The number of hydrogen-bond acceptors (Lipinski definition) is 3. The molecule has 4 nitrogen and oxygen atoms in total. The highest BCUT2D eigenvalue weighted by molar-refractivity contribution is 5.95. The third-order valence-corrected chi connectivity index (χ3v) is 2.99. The predicted octanol–water partition coefficient (Wildman–Crippen LogP) is 1.27. The second-order valence-electron chi connectivity index (χ2n) is 4.17. The second-order valence-corrected chi connectivity index (χ2v) is 4.17. The van der Waals surface area contributed by atoms with Crippen LogP contribution in [-0.2, 0) is 4.74 Å². The normalized spacial score (nSPS) is 19.3. The van der Waals surface area contributed by atoms with Crippen molar-refractivity contribution in [3.63, 3.8) is 0 Å². The Kier molecular flexibility index (Phi) is 3.28. The summed E-state index contributed by atoms with van der Waals surface area (Å²) >= 11 is 0. The van der Waals surface area contributed by atoms with Gasteiger partial charge in [-0.2, -0.15) is 0 Å². The quantitative estimate of drug-likeness (QED) is 0.789. The molecule has 0 aromatic heterocycles. The van der Waals surface area contributed by atoms with Gasteiger partial charge < -0.3 is 15.4 Å². The van der Waals surface area contributed by atoms with Gasteiger partial charge in [-0.15, -0.1) is 0 Å². The summed E-state index contributed by atoms with van der Waals surface area (Å²) in [7, 11) is 1.66. The molecule has 1 amide bonds. The number of hydrogen-bond donors (Lipinski definition) is 1. The van der Waals surface area contributed by atoms with Gasteiger partial charge in [0.25, 0.3) is 5.91 Å². The van der Waals surface area contributed by atoms with Crippen LogP contribution in [-0.4, -0.2) is 37.1 Å². The highest BCUT2D eigenvalue weighted by atomic mass is 19.1. The number of amides is 1. The van der Waals surface area contributed by atoms with Crippen molar-refractivity contribution in [3.05, 3.63) is 29.6 Å². The number of nitrogens with two attached hydrogens (primary N) is 1. The second kappa shape index (κ2) is 4.71. The van der Waals surface area contributed by atoms with Gasteiger partial charge in [0.15, 0.2) is 0 Å². The molecule has 1 unspecified atom stereocenters. The number of nitrogens with zero attached hydrogens (tertiary/aromatic N) is 1. The van der Waals surface area contributed by atoms with Crippen molar-refractivity contribution in [2.45, 2.75) is 12.5 Å². The Labute approximate surface area is 99.2 Å². The number of nitrogen functional groups attached to an aromatic ring is 1. The van der Waals surface area contributed by atoms with Crippen molar-refractivity contribution < 1.29 is 13.9 Å². The molecule has 1 saturated heterocycles. The van der Waals surface area contributed by atoms with E-state index in [1.807, 2.05) is 0 Å². The molecule has 0 bridgehead atoms. The van der Waals surface area contributed by atoms with E-state index in [0.29, 0.717) is 18.9 Å². The Hall–Kier alpha value is -1.62. The van der Waals surface area contributed by atoms with Gasteiger partial charge in [0.1, 0.15) is 5.82 Å². The summed E-state index contributed by atoms with van der Waals surface area (Å²) in [4.78, 5) is 13.6. The van der Waals surface area contributed by atoms with Gasteiger partial charge in [-0.3, -0.25) is 4.79 Å². The predicted molar refractivity (Wildman–Crippen MR) is 62.1 cm³/mol. The Morgan fingerprint density at radius 3 is 3.00 bits per heavy atom. The van der Waals surface area contributed by atoms with Crippen molar-refractivity contribution in [3.8, 4) is 0 Å². The first kappa shape index (κ1) is 11.9. The topological polar surface area (TPSA) is 55.6 Å². The van der Waals surface area contributed by atoms with E-state index in [0.717, 1.165) is 6.42 Å². The van der Waals surface area contributed by atoms with Gasteiger partial charge in [0, 0.05) is 19.3 Å². The van der Waals surface area contributed by atoms with Crippen molar-refractivity contribution in [2.24, 2.45) is 0 Å². The molecule has 17 heavy (non-hydrogen) atoms. The maximum atomic E-state index is 13.5. The van der Waals surface area contributed by atoms with Crippen LogP contribution in [0.25, 0.3) is 0 Å². The summed E-state index contributed by atoms with van der Waals surface area (Å²) in [5.41, 5.74) is 5.95. The van der Waals surface area contributed by atoms with Crippen LogP contribution < -0.4 is 5.73 Å². The first-order valence-electron chi connectivity index (χ1n) is 5.49. The van der Waals surface area contributed by atoms with Crippen LogP contribution in [0.2, 0.25) is 0 Å². The van der Waals surface area contributed by atoms with Gasteiger partial charge in [0.05, 0.1) is 18.2 Å². The molecule has 1 heterocycles. The SMILES string of the molecule is CN(C(=O)c1cc(N)ccc1F)C1CCOC1. The molecule has 1 atom stereocenters. The van der Waals surface area contributed by atoms with Gasteiger partial charge >= 0.3 is 0 Å². The minimum Gasteiger partial charge on any atom is -0.399 e. The molecule has 1 fully saturated rings. The average molecular weight is 238 g/mol. The van der Waals surface area contributed by atoms with E-state index in [-0.39, 0.29) is 17.5 Å². The van der Waals surface area contributed by atoms with Crippen molar-refractivity contribution >= 4 is 11.6 Å². The third-order valence-electron chi connectivity index (χ3n) is 2.99. The lowest BCUT2D eigenvalue weighted by Gasteiger charge is -2.23. The summed E-state index contributed by atoms with van der Waals surface area (Å²) in [5, 5.41) is 0. The zero-order valence-corrected chi connectivity index (χ0v) is 9.65. The van der Waals surface area contributed by atoms with Crippen LogP contribution in [0.1, 0.15) is 16.8 Å². The van der Waals surface area contributed by atoms with Crippen molar-refractivity contribution in [1.29, 1.82) is 0 Å². The van der Waals surface area contributed by atoms with E-state index in [2.05, 4.69) is 0 Å². The number of anilines is 1. The Morgan fingerprint density at radius 1 is 1.59 bits per heavy atom. The zero-order chi connectivity index (χ0) is 12.4. The number of halogens is 1. The largest absolute Gasteiger partial charge is 0.399 e. The van der Waals surface area contributed by atoms with Gasteiger partial charge in [-0.25, -0.2) is 4.39 Å². The molecule has 1 aromatic rings. The summed E-state index contributed by atoms with van der Waals surface area (Å²) in [6.45, 7) is 1.15. The molecule has 5 heteroatoms. The smallest absolute Gasteiger partial charge is 0.256 e. The van der Waals surface area contributed by atoms with Gasteiger partial charge in [-0.05, 0) is 24.6 Å². The van der Waals surface area contributed by atoms with E-state index in [1.54, 1.807) is 7.05 Å². The van der Waals surface area contributed by atoms with Gasteiger partial charge in [-0.1, -0.05) is 0 Å². The first-order valence-corrected chi connectivity index (χ1v) is 5.49. The van der Waals surface area contributed by atoms with Crippen LogP contribution in [0.3, 0.4) is 0 Å². The molecular formula is C12H15FN2O2. The molecule has 2 N–H and O–H groups in total. The molecule has 92 valence electrons. The highest BCUT2D eigenvalue weighted by Gasteiger charge is 2.26. The Morgan fingerprint density at radius 2 is 2.35 bits per heavy atom. The van der Waals surface area contributed by atoms with E-state index in [1.165, 1.54) is 23.1 Å². The summed E-state index contributed by atoms with van der Waals surface area (Å²) < 4.78 is 18.7. The van der Waals surface area contributed by atoms with Crippen molar-refractivity contribution in [2.75, 3.05) is 26.0 Å². The standard InChI is InChI=1S/C12H15FN2O2/c1-15(9-4-5-17-7-9)12(16)10-6-8(14)2-3-11(10)13/h2-3,6,9H,4-5,7,14H2,1H3. The molecular weight excluding hydrogens is 223 g/mol. The van der Waals surface area contributed by atoms with Crippen LogP contribution >= 0.6 is 0 Å². The molecule has 1 aliphatic rings. The third kappa shape index (κ3) is 2.39. The molecule has 0 saturated carbocycles. The fourth-order valence-electron chi connectivity index (χ4n) is 1.89. The summed E-state index contributed by atoms with van der Waals surface area (Å²) in [6.07, 6.45) is 0.784. The summed E-state index contributed by atoms with van der Waals surface area (Å²) in [6, 6.07) is 4.03. The van der Waals surface area contributed by atoms with Crippen LogP contribution in [0.4, 0.5) is 10.1 Å². The Balaban J connectivity index is 2.20. The minimum atomic E-state index is -0.546. The number of carbonyl (C=O) groups excluding carboxylic acids is 1. The number of ether oxygens (including phenoxy) is 1. The van der Waals surface area contributed by atoms with Crippen LogP contribution in [0.5, 0.6) is 0 Å². The first-order chi connectivity index (χ1) is 8.09. The molecule has 0 radical (unpaired) electrons. The number of rotatable bonds is 2. The fourth-order valence-corrected chi connectivity index (χ4v) is 1.89. The lowest BCUT2D eigenvalue weighted by atomic mass is 10.1. The number of benzene rings is 1. The average Bonchev–Trinajstić information content (AvgIpc) is 2.84. The van der Waals surface area contributed by atoms with Crippen molar-refractivity contribution in [1.82, 2.24) is 4.90 Å². The molecule has 0 aliphatic carbocycles. The maximum absolute atomic E-state index is 13.5. The lowest BCUT2D eigenvalue weighted by Crippen LogP contribution is -2.37. The van der Waals surface area contributed by atoms with E-state index < -0.39 is 5.82 Å². The highest BCUT2D eigenvalue weighted by Crippen LogP contribution is 2.18. The minimum absolute atomic E-state index is 0.0133. The molecule has 1 aliphatic heterocycles. The summed E-state index contributed by atoms with van der Waals surface area (Å²) in [5.74, 6) is -0.903. The Bertz CT molecular complexity index is 431. The van der Waals surface area contributed by atoms with Crippen LogP contribution in [0, 0.1) is 5.82 Å². The fraction of sp³-hybridized carbons (Fsp3) is 0.417. The molecule has 2 rings (SSSR count). The van der Waals surface area contributed by atoms with Gasteiger partial charge in [0.2, 0.25) is 0 Å². The lowest BCUT2D eigenvalue weighted by molar-refractivity contribution is 0.0706. The van der Waals surface area contributed by atoms with E-state index in [4.69, 9.17) is 10.5 Å². The van der Waals surface area contributed by atoms with Crippen LogP contribution in [0.15, 0.2) is 18.2 Å². The molecule has 1 aromatic carbocycles. The number of carbonyl (C=O) groups is 1. The molecule has 0 spiro atoms.